The fourth-order valence-electron chi connectivity index (χ4n) is 1.12. The largest absolute Gasteiger partial charge is 0.391 e. The van der Waals surface area contributed by atoms with Gasteiger partial charge in [0.25, 0.3) is 11.5 Å². The quantitative estimate of drug-likeness (QED) is 0.530. The maximum absolute atomic E-state index is 11.5. The zero-order valence-corrected chi connectivity index (χ0v) is 9.61. The second kappa shape index (κ2) is 5.44. The molecule has 1 heterocycles. The number of aromatic amines is 2. The van der Waals surface area contributed by atoms with Crippen LogP contribution in [0.3, 0.4) is 0 Å². The molecule has 0 bridgehead atoms. The number of hydrogen-bond donors (Lipinski definition) is 4. The van der Waals surface area contributed by atoms with Gasteiger partial charge in [0.2, 0.25) is 0 Å². The van der Waals surface area contributed by atoms with Crippen molar-refractivity contribution >= 4 is 5.91 Å². The van der Waals surface area contributed by atoms with E-state index in [1.54, 1.807) is 0 Å². The first kappa shape index (κ1) is 13.2. The van der Waals surface area contributed by atoms with Crippen molar-refractivity contribution in [2.75, 3.05) is 6.54 Å². The van der Waals surface area contributed by atoms with E-state index in [1.165, 1.54) is 0 Å². The Labute approximate surface area is 96.9 Å². The van der Waals surface area contributed by atoms with Crippen LogP contribution in [0.4, 0.5) is 0 Å². The summed E-state index contributed by atoms with van der Waals surface area (Å²) in [6, 6.07) is 0.985. The molecule has 4 N–H and O–H groups in total. The summed E-state index contributed by atoms with van der Waals surface area (Å²) in [6.45, 7) is 3.68. The normalized spacial score (nSPS) is 12.5. The number of amides is 1. The molecule has 1 aromatic rings. The Bertz CT molecular complexity index is 475. The maximum atomic E-state index is 11.5. The van der Waals surface area contributed by atoms with Crippen LogP contribution in [0.5, 0.6) is 0 Å². The average molecular weight is 241 g/mol. The third-order valence-corrected chi connectivity index (χ3v) is 2.25. The Morgan fingerprint density at radius 2 is 2.06 bits per heavy atom. The number of carbonyl (C=O) groups is 1. The van der Waals surface area contributed by atoms with Crippen LogP contribution in [-0.2, 0) is 0 Å². The number of aliphatic hydroxyl groups excluding tert-OH is 1. The van der Waals surface area contributed by atoms with E-state index in [0.717, 1.165) is 6.07 Å². The van der Waals surface area contributed by atoms with E-state index in [2.05, 4.69) is 10.3 Å². The van der Waals surface area contributed by atoms with Crippen molar-refractivity contribution in [2.45, 2.75) is 20.0 Å². The maximum Gasteiger partial charge on any atom is 0.326 e. The molecule has 1 rings (SSSR count). The number of rotatable bonds is 4. The van der Waals surface area contributed by atoms with E-state index < -0.39 is 23.3 Å². The average Bonchev–Trinajstić information content (AvgIpc) is 2.23. The van der Waals surface area contributed by atoms with Gasteiger partial charge in [-0.3, -0.25) is 14.6 Å². The number of aromatic nitrogens is 2. The van der Waals surface area contributed by atoms with Gasteiger partial charge in [0.05, 0.1) is 6.10 Å². The Morgan fingerprint density at radius 1 is 1.41 bits per heavy atom. The van der Waals surface area contributed by atoms with Crippen LogP contribution in [-0.4, -0.2) is 33.6 Å². The summed E-state index contributed by atoms with van der Waals surface area (Å²) in [5.41, 5.74) is -1.52. The topological polar surface area (TPSA) is 115 Å². The lowest BCUT2D eigenvalue weighted by molar-refractivity contribution is 0.0866. The predicted octanol–water partition coefficient (Wildman–Crippen LogP) is -1.19. The molecule has 0 aromatic carbocycles. The summed E-state index contributed by atoms with van der Waals surface area (Å²) >= 11 is 0. The lowest BCUT2D eigenvalue weighted by atomic mass is 10.1. The van der Waals surface area contributed by atoms with E-state index in [-0.39, 0.29) is 18.2 Å². The minimum Gasteiger partial charge on any atom is -0.391 e. The van der Waals surface area contributed by atoms with Gasteiger partial charge in [-0.15, -0.1) is 0 Å². The lowest BCUT2D eigenvalue weighted by Gasteiger charge is -2.14. The fourth-order valence-corrected chi connectivity index (χ4v) is 1.12. The first-order valence-corrected chi connectivity index (χ1v) is 5.20. The molecule has 1 aromatic heterocycles. The van der Waals surface area contributed by atoms with Crippen molar-refractivity contribution < 1.29 is 9.90 Å². The van der Waals surface area contributed by atoms with Crippen LogP contribution in [0.25, 0.3) is 0 Å². The summed E-state index contributed by atoms with van der Waals surface area (Å²) in [5, 5.41) is 11.9. The first-order valence-electron chi connectivity index (χ1n) is 5.20. The summed E-state index contributed by atoms with van der Waals surface area (Å²) in [6.07, 6.45) is -0.673. The van der Waals surface area contributed by atoms with Crippen molar-refractivity contribution in [1.82, 2.24) is 15.3 Å². The third kappa shape index (κ3) is 3.87. The van der Waals surface area contributed by atoms with E-state index in [9.17, 15) is 19.5 Å². The molecule has 1 amide bonds. The minimum atomic E-state index is -0.743. The van der Waals surface area contributed by atoms with Crippen molar-refractivity contribution in [3.05, 3.63) is 32.6 Å². The Hall–Kier alpha value is -1.89. The highest BCUT2D eigenvalue weighted by molar-refractivity contribution is 5.92. The number of hydrogen-bond acceptors (Lipinski definition) is 4. The molecule has 0 spiro atoms. The standard InChI is InChI=1S/C10H15N3O4/c1-5(2)7(14)4-11-9(16)6-3-8(15)13-10(17)12-6/h3,5,7,14H,4H2,1-2H3,(H,11,16)(H2,12,13,15,17). The second-order valence-electron chi connectivity index (χ2n) is 4.02. The molecule has 1 unspecified atom stereocenters. The van der Waals surface area contributed by atoms with Crippen LogP contribution >= 0.6 is 0 Å². The highest BCUT2D eigenvalue weighted by Gasteiger charge is 2.12. The van der Waals surface area contributed by atoms with Crippen LogP contribution < -0.4 is 16.6 Å². The molecule has 0 aliphatic rings. The molecule has 7 heteroatoms. The Morgan fingerprint density at radius 3 is 2.59 bits per heavy atom. The molecule has 7 nitrogen and oxygen atoms in total. The molecule has 0 radical (unpaired) electrons. The van der Waals surface area contributed by atoms with Gasteiger partial charge >= 0.3 is 5.69 Å². The summed E-state index contributed by atoms with van der Waals surface area (Å²) in [5.74, 6) is -0.596. The lowest BCUT2D eigenvalue weighted by Crippen LogP contribution is -2.37. The molecule has 0 aliphatic heterocycles. The van der Waals surface area contributed by atoms with Crippen molar-refractivity contribution in [3.8, 4) is 0 Å². The summed E-state index contributed by atoms with van der Waals surface area (Å²) in [4.78, 5) is 37.6. The first-order chi connectivity index (χ1) is 7.90. The van der Waals surface area contributed by atoms with Gasteiger partial charge in [0.1, 0.15) is 5.69 Å². The van der Waals surface area contributed by atoms with Gasteiger partial charge in [0, 0.05) is 12.6 Å². The molecule has 94 valence electrons. The van der Waals surface area contributed by atoms with Gasteiger partial charge in [-0.05, 0) is 5.92 Å². The SMILES string of the molecule is CC(C)C(O)CNC(=O)c1cc(=O)[nH]c(=O)[nH]1. The van der Waals surface area contributed by atoms with E-state index in [0.29, 0.717) is 0 Å². The van der Waals surface area contributed by atoms with Gasteiger partial charge in [-0.25, -0.2) is 4.79 Å². The monoisotopic (exact) mass is 241 g/mol. The van der Waals surface area contributed by atoms with E-state index in [4.69, 9.17) is 0 Å². The number of H-pyrrole nitrogens is 2. The van der Waals surface area contributed by atoms with Gasteiger partial charge < -0.3 is 15.4 Å². The number of aliphatic hydroxyl groups is 1. The molecular formula is C10H15N3O4. The number of carbonyl (C=O) groups excluding carboxylic acids is 1. The molecule has 0 aliphatic carbocycles. The fraction of sp³-hybridized carbons (Fsp3) is 0.500. The summed E-state index contributed by atoms with van der Waals surface area (Å²) < 4.78 is 0. The highest BCUT2D eigenvalue weighted by atomic mass is 16.3. The van der Waals surface area contributed by atoms with Crippen molar-refractivity contribution in [3.63, 3.8) is 0 Å². The van der Waals surface area contributed by atoms with E-state index in [1.807, 2.05) is 18.8 Å². The molecule has 0 saturated heterocycles. The van der Waals surface area contributed by atoms with E-state index >= 15 is 0 Å². The van der Waals surface area contributed by atoms with Crippen LogP contribution in [0.2, 0.25) is 0 Å². The Balaban J connectivity index is 2.71. The van der Waals surface area contributed by atoms with Crippen LogP contribution in [0.1, 0.15) is 24.3 Å². The van der Waals surface area contributed by atoms with Crippen LogP contribution in [0, 0.1) is 5.92 Å². The van der Waals surface area contributed by atoms with Crippen LogP contribution in [0.15, 0.2) is 15.7 Å². The van der Waals surface area contributed by atoms with Gasteiger partial charge in [-0.2, -0.15) is 0 Å². The zero-order chi connectivity index (χ0) is 13.0. The smallest absolute Gasteiger partial charge is 0.326 e. The third-order valence-electron chi connectivity index (χ3n) is 2.25. The Kier molecular flexibility index (Phi) is 4.22. The van der Waals surface area contributed by atoms with Gasteiger partial charge in [0.15, 0.2) is 0 Å². The van der Waals surface area contributed by atoms with Crippen molar-refractivity contribution in [2.24, 2.45) is 5.92 Å². The second-order valence-corrected chi connectivity index (χ2v) is 4.02. The number of nitrogens with one attached hydrogen (secondary N) is 3. The molecule has 0 fully saturated rings. The molecular weight excluding hydrogens is 226 g/mol. The predicted molar refractivity (Wildman–Crippen MR) is 60.9 cm³/mol. The molecule has 0 saturated carbocycles. The van der Waals surface area contributed by atoms with Gasteiger partial charge in [-0.1, -0.05) is 13.8 Å². The molecule has 17 heavy (non-hydrogen) atoms. The molecule has 1 atom stereocenters. The highest BCUT2D eigenvalue weighted by Crippen LogP contribution is 1.99. The minimum absolute atomic E-state index is 0.00789. The zero-order valence-electron chi connectivity index (χ0n) is 9.61. The van der Waals surface area contributed by atoms with Crippen molar-refractivity contribution in [1.29, 1.82) is 0 Å². The summed E-state index contributed by atoms with van der Waals surface area (Å²) in [7, 11) is 0.